The summed E-state index contributed by atoms with van der Waals surface area (Å²) in [7, 11) is 1.87. The number of benzene rings is 1. The molecule has 3 nitrogen and oxygen atoms in total. The molecule has 0 radical (unpaired) electrons. The quantitative estimate of drug-likeness (QED) is 0.563. The highest BCUT2D eigenvalue weighted by Crippen LogP contribution is 2.32. The van der Waals surface area contributed by atoms with Crippen molar-refractivity contribution in [3.63, 3.8) is 0 Å². The molecular formula is C13H15NO2. The SMILES string of the molecule is CC(C)O/C=C1\C(=O)c2ccccc2N1C. The van der Waals surface area contributed by atoms with Crippen molar-refractivity contribution in [2.75, 3.05) is 11.9 Å². The van der Waals surface area contributed by atoms with Crippen LogP contribution < -0.4 is 4.90 Å². The van der Waals surface area contributed by atoms with E-state index in [9.17, 15) is 4.79 Å². The lowest BCUT2D eigenvalue weighted by Gasteiger charge is -2.13. The van der Waals surface area contributed by atoms with Crippen LogP contribution >= 0.6 is 0 Å². The monoisotopic (exact) mass is 217 g/mol. The molecule has 0 bridgehead atoms. The van der Waals surface area contributed by atoms with Gasteiger partial charge in [-0.15, -0.1) is 0 Å². The number of para-hydroxylation sites is 1. The third kappa shape index (κ3) is 1.69. The minimum atomic E-state index is 0.0266. The van der Waals surface area contributed by atoms with E-state index in [-0.39, 0.29) is 11.9 Å². The molecule has 0 N–H and O–H groups in total. The van der Waals surface area contributed by atoms with Gasteiger partial charge in [-0.1, -0.05) is 12.1 Å². The highest BCUT2D eigenvalue weighted by atomic mass is 16.5. The Labute approximate surface area is 95.3 Å². The van der Waals surface area contributed by atoms with Crippen LogP contribution in [0.25, 0.3) is 0 Å². The van der Waals surface area contributed by atoms with Crippen molar-refractivity contribution in [3.8, 4) is 0 Å². The second-order valence-electron chi connectivity index (χ2n) is 4.09. The maximum atomic E-state index is 12.0. The molecule has 0 unspecified atom stereocenters. The normalized spacial score (nSPS) is 17.1. The molecule has 16 heavy (non-hydrogen) atoms. The molecule has 1 heterocycles. The number of carbonyl (C=O) groups is 1. The first-order valence-electron chi connectivity index (χ1n) is 5.34. The molecule has 84 valence electrons. The molecule has 0 spiro atoms. The number of nitrogens with zero attached hydrogens (tertiary/aromatic N) is 1. The van der Waals surface area contributed by atoms with Crippen molar-refractivity contribution in [1.29, 1.82) is 0 Å². The number of rotatable bonds is 2. The Balaban J connectivity index is 2.35. The fraction of sp³-hybridized carbons (Fsp3) is 0.308. The van der Waals surface area contributed by atoms with Gasteiger partial charge in [0, 0.05) is 12.6 Å². The zero-order chi connectivity index (χ0) is 11.7. The molecule has 2 rings (SSSR count). The van der Waals surface area contributed by atoms with Crippen LogP contribution in [-0.4, -0.2) is 18.9 Å². The molecule has 0 amide bonds. The lowest BCUT2D eigenvalue weighted by atomic mass is 10.1. The molecular weight excluding hydrogens is 202 g/mol. The summed E-state index contributed by atoms with van der Waals surface area (Å²) in [5.74, 6) is 0.0266. The van der Waals surface area contributed by atoms with Crippen molar-refractivity contribution < 1.29 is 9.53 Å². The summed E-state index contributed by atoms with van der Waals surface area (Å²) >= 11 is 0. The van der Waals surface area contributed by atoms with Crippen molar-refractivity contribution in [1.82, 2.24) is 0 Å². The molecule has 0 aromatic heterocycles. The summed E-state index contributed by atoms with van der Waals surface area (Å²) in [6, 6.07) is 7.57. The number of likely N-dealkylation sites (N-methyl/N-ethyl adjacent to an activating group) is 1. The summed E-state index contributed by atoms with van der Waals surface area (Å²) in [6.45, 7) is 3.87. The molecule has 1 aromatic carbocycles. The van der Waals surface area contributed by atoms with Crippen molar-refractivity contribution in [2.45, 2.75) is 20.0 Å². The van der Waals surface area contributed by atoms with Gasteiger partial charge in [0.1, 0.15) is 12.0 Å². The van der Waals surface area contributed by atoms with Crippen LogP contribution in [0.1, 0.15) is 24.2 Å². The van der Waals surface area contributed by atoms with E-state index in [1.807, 2.05) is 50.1 Å². The standard InChI is InChI=1S/C13H15NO2/c1-9(2)16-8-12-13(15)10-6-4-5-7-11(10)14(12)3/h4-9H,1-3H3/b12-8+. The lowest BCUT2D eigenvalue weighted by molar-refractivity contribution is 0.102. The fourth-order valence-corrected chi connectivity index (χ4v) is 1.71. The molecule has 1 aromatic rings. The number of ketones is 1. The molecule has 3 heteroatoms. The van der Waals surface area contributed by atoms with E-state index in [4.69, 9.17) is 4.74 Å². The van der Waals surface area contributed by atoms with Crippen LogP contribution in [-0.2, 0) is 4.74 Å². The lowest BCUT2D eigenvalue weighted by Crippen LogP contribution is -2.15. The average Bonchev–Trinajstić information content (AvgIpc) is 2.50. The van der Waals surface area contributed by atoms with Gasteiger partial charge in [-0.2, -0.15) is 0 Å². The van der Waals surface area contributed by atoms with E-state index >= 15 is 0 Å². The topological polar surface area (TPSA) is 29.5 Å². The van der Waals surface area contributed by atoms with E-state index < -0.39 is 0 Å². The first kappa shape index (κ1) is 10.7. The summed E-state index contributed by atoms with van der Waals surface area (Å²) in [5, 5.41) is 0. The zero-order valence-corrected chi connectivity index (χ0v) is 9.73. The molecule has 0 fully saturated rings. The van der Waals surface area contributed by atoms with Gasteiger partial charge in [0.25, 0.3) is 0 Å². The zero-order valence-electron chi connectivity index (χ0n) is 9.73. The summed E-state index contributed by atoms with van der Waals surface area (Å²) in [6.07, 6.45) is 1.63. The van der Waals surface area contributed by atoms with Gasteiger partial charge in [-0.3, -0.25) is 4.79 Å². The Hall–Kier alpha value is -1.77. The second kappa shape index (κ2) is 4.00. The third-order valence-electron chi connectivity index (χ3n) is 2.56. The predicted octanol–water partition coefficient (Wildman–Crippen LogP) is 2.59. The second-order valence-corrected chi connectivity index (χ2v) is 4.09. The molecule has 0 aliphatic carbocycles. The number of allylic oxidation sites excluding steroid dienone is 1. The Kier molecular flexibility index (Phi) is 2.69. The minimum Gasteiger partial charge on any atom is -0.496 e. The van der Waals surface area contributed by atoms with E-state index in [2.05, 4.69) is 0 Å². The number of hydrogen-bond acceptors (Lipinski definition) is 3. The smallest absolute Gasteiger partial charge is 0.214 e. The van der Waals surface area contributed by atoms with Gasteiger partial charge in [0.15, 0.2) is 0 Å². The number of anilines is 1. The number of fused-ring (bicyclic) bond motifs is 1. The van der Waals surface area contributed by atoms with Crippen LogP contribution in [0.2, 0.25) is 0 Å². The van der Waals surface area contributed by atoms with E-state index in [1.54, 1.807) is 6.26 Å². The Morgan fingerprint density at radius 2 is 2.00 bits per heavy atom. The average molecular weight is 217 g/mol. The summed E-state index contributed by atoms with van der Waals surface area (Å²) in [4.78, 5) is 13.9. The third-order valence-corrected chi connectivity index (χ3v) is 2.56. The van der Waals surface area contributed by atoms with E-state index in [0.717, 1.165) is 11.3 Å². The van der Waals surface area contributed by atoms with E-state index in [0.29, 0.717) is 5.70 Å². The Morgan fingerprint density at radius 3 is 2.62 bits per heavy atom. The minimum absolute atomic E-state index is 0.0266. The highest BCUT2D eigenvalue weighted by molar-refractivity contribution is 6.18. The van der Waals surface area contributed by atoms with Crippen LogP contribution in [0, 0.1) is 0 Å². The number of hydrogen-bond donors (Lipinski definition) is 0. The first-order chi connectivity index (χ1) is 7.61. The maximum Gasteiger partial charge on any atom is 0.214 e. The largest absolute Gasteiger partial charge is 0.496 e. The molecule has 0 saturated heterocycles. The maximum absolute atomic E-state index is 12.0. The van der Waals surface area contributed by atoms with Gasteiger partial charge < -0.3 is 9.64 Å². The van der Waals surface area contributed by atoms with Crippen molar-refractivity contribution in [3.05, 3.63) is 41.8 Å². The van der Waals surface area contributed by atoms with Crippen LogP contribution in [0.4, 0.5) is 5.69 Å². The number of Topliss-reactive ketones (excluding diaryl/α,β-unsaturated/α-hetero) is 1. The van der Waals surface area contributed by atoms with Crippen LogP contribution in [0.3, 0.4) is 0 Å². The van der Waals surface area contributed by atoms with Gasteiger partial charge in [0.05, 0.1) is 11.8 Å². The highest BCUT2D eigenvalue weighted by Gasteiger charge is 2.29. The first-order valence-corrected chi connectivity index (χ1v) is 5.34. The van der Waals surface area contributed by atoms with Gasteiger partial charge in [-0.25, -0.2) is 0 Å². The van der Waals surface area contributed by atoms with Crippen molar-refractivity contribution >= 4 is 11.5 Å². The summed E-state index contributed by atoms with van der Waals surface area (Å²) < 4.78 is 5.37. The van der Waals surface area contributed by atoms with Crippen molar-refractivity contribution in [2.24, 2.45) is 0 Å². The molecule has 0 saturated carbocycles. The van der Waals surface area contributed by atoms with E-state index in [1.165, 1.54) is 0 Å². The molecule has 1 aliphatic rings. The molecule has 0 atom stereocenters. The van der Waals surface area contributed by atoms with Gasteiger partial charge in [-0.05, 0) is 26.0 Å². The number of carbonyl (C=O) groups excluding carboxylic acids is 1. The Bertz CT molecular complexity index is 449. The van der Waals surface area contributed by atoms with Crippen LogP contribution in [0.5, 0.6) is 0 Å². The summed E-state index contributed by atoms with van der Waals surface area (Å²) in [5.41, 5.74) is 2.27. The van der Waals surface area contributed by atoms with Gasteiger partial charge in [0.2, 0.25) is 5.78 Å². The predicted molar refractivity (Wildman–Crippen MR) is 63.5 cm³/mol. The fourth-order valence-electron chi connectivity index (χ4n) is 1.71. The van der Waals surface area contributed by atoms with Gasteiger partial charge >= 0.3 is 0 Å². The van der Waals surface area contributed by atoms with Crippen LogP contribution in [0.15, 0.2) is 36.2 Å². The molecule has 1 aliphatic heterocycles. The Morgan fingerprint density at radius 1 is 1.31 bits per heavy atom. The number of ether oxygens (including phenoxy) is 1.